The first kappa shape index (κ1) is 20.5. The molecule has 4 heteroatoms. The summed E-state index contributed by atoms with van der Waals surface area (Å²) in [4.78, 5) is 8.34. The Labute approximate surface area is 183 Å². The van der Waals surface area contributed by atoms with Gasteiger partial charge >= 0.3 is 0 Å². The second-order valence-electron chi connectivity index (χ2n) is 7.34. The van der Waals surface area contributed by atoms with E-state index in [0.717, 1.165) is 11.1 Å². The third-order valence-electron chi connectivity index (χ3n) is 5.10. The fraction of sp³-hybridized carbons (Fsp3) is 0.111. The summed E-state index contributed by atoms with van der Waals surface area (Å²) in [5, 5.41) is 0. The molecule has 0 bridgehead atoms. The summed E-state index contributed by atoms with van der Waals surface area (Å²) in [7, 11) is 0. The van der Waals surface area contributed by atoms with E-state index in [9.17, 15) is 0 Å². The van der Waals surface area contributed by atoms with Crippen LogP contribution in [0.5, 0.6) is 5.75 Å². The van der Waals surface area contributed by atoms with Gasteiger partial charge in [0, 0.05) is 30.6 Å². The van der Waals surface area contributed by atoms with Crippen molar-refractivity contribution in [1.82, 2.24) is 9.97 Å². The van der Waals surface area contributed by atoms with E-state index < -0.39 is 0 Å². The average Bonchev–Trinajstić information content (AvgIpc) is 2.84. The fourth-order valence-electron chi connectivity index (χ4n) is 3.57. The van der Waals surface area contributed by atoms with Crippen LogP contribution in [0.2, 0.25) is 0 Å². The van der Waals surface area contributed by atoms with Gasteiger partial charge in [0.25, 0.3) is 0 Å². The summed E-state index contributed by atoms with van der Waals surface area (Å²) in [5.74, 6) is 0.748. The molecule has 4 rings (SSSR count). The average molecular weight is 408 g/mol. The van der Waals surface area contributed by atoms with Crippen LogP contribution in [0.3, 0.4) is 0 Å². The number of hydrogen-bond acceptors (Lipinski definition) is 4. The lowest BCUT2D eigenvalue weighted by Gasteiger charge is -2.25. The standard InChI is InChI=1S/C27H25N3O/c28-26(27(23-7-3-1-4-8-23)24-9-5-2-6-10-24)20-31-25-17-22(18-30-19-25)12-11-21-13-15-29-16-14-21/h1-19,26-27H,20,28H2/b12-11+/t26-/m1/s1. The van der Waals surface area contributed by atoms with E-state index in [1.165, 1.54) is 11.1 Å². The van der Waals surface area contributed by atoms with Crippen LogP contribution >= 0.6 is 0 Å². The maximum atomic E-state index is 6.64. The van der Waals surface area contributed by atoms with Crippen LogP contribution in [0.15, 0.2) is 104 Å². The predicted octanol–water partition coefficient (Wildman–Crippen LogP) is 5.19. The molecule has 0 saturated heterocycles. The molecule has 154 valence electrons. The molecule has 0 aliphatic heterocycles. The van der Waals surface area contributed by atoms with Crippen LogP contribution in [0, 0.1) is 0 Å². The molecule has 0 radical (unpaired) electrons. The molecule has 4 aromatic rings. The van der Waals surface area contributed by atoms with Crippen molar-refractivity contribution in [3.8, 4) is 5.75 Å². The molecule has 31 heavy (non-hydrogen) atoms. The molecule has 2 aromatic carbocycles. The monoisotopic (exact) mass is 407 g/mol. The number of benzene rings is 2. The molecule has 0 aliphatic carbocycles. The number of nitrogens with two attached hydrogens (primary N) is 1. The topological polar surface area (TPSA) is 61.0 Å². The Bertz CT molecular complexity index is 1060. The van der Waals surface area contributed by atoms with Gasteiger partial charge in [0.05, 0.1) is 6.20 Å². The smallest absolute Gasteiger partial charge is 0.138 e. The van der Waals surface area contributed by atoms with Crippen LogP contribution in [0.1, 0.15) is 28.2 Å². The van der Waals surface area contributed by atoms with Gasteiger partial charge in [-0.15, -0.1) is 0 Å². The molecule has 2 N–H and O–H groups in total. The molecule has 0 unspecified atom stereocenters. The predicted molar refractivity (Wildman–Crippen MR) is 126 cm³/mol. The highest BCUT2D eigenvalue weighted by Gasteiger charge is 2.22. The number of nitrogens with zero attached hydrogens (tertiary/aromatic N) is 2. The lowest BCUT2D eigenvalue weighted by molar-refractivity contribution is 0.277. The summed E-state index contributed by atoms with van der Waals surface area (Å²) < 4.78 is 6.05. The van der Waals surface area contributed by atoms with Gasteiger partial charge in [-0.05, 0) is 40.5 Å². The Morgan fingerprint density at radius 2 is 1.35 bits per heavy atom. The van der Waals surface area contributed by atoms with Crippen LogP contribution in [-0.4, -0.2) is 22.6 Å². The van der Waals surface area contributed by atoms with Gasteiger partial charge in [-0.25, -0.2) is 0 Å². The van der Waals surface area contributed by atoms with E-state index in [0.29, 0.717) is 12.4 Å². The molecule has 0 fully saturated rings. The largest absolute Gasteiger partial charge is 0.490 e. The van der Waals surface area contributed by atoms with E-state index in [-0.39, 0.29) is 12.0 Å². The fourth-order valence-corrected chi connectivity index (χ4v) is 3.57. The quantitative estimate of drug-likeness (QED) is 0.437. The molecule has 0 aliphatic rings. The van der Waals surface area contributed by atoms with Crippen molar-refractivity contribution in [1.29, 1.82) is 0 Å². The minimum atomic E-state index is -0.208. The molecular weight excluding hydrogens is 382 g/mol. The third-order valence-corrected chi connectivity index (χ3v) is 5.10. The van der Waals surface area contributed by atoms with Gasteiger partial charge < -0.3 is 10.5 Å². The van der Waals surface area contributed by atoms with E-state index in [4.69, 9.17) is 10.5 Å². The van der Waals surface area contributed by atoms with Crippen molar-refractivity contribution < 1.29 is 4.74 Å². The Morgan fingerprint density at radius 1 is 0.742 bits per heavy atom. The van der Waals surface area contributed by atoms with Crippen molar-refractivity contribution in [2.45, 2.75) is 12.0 Å². The molecule has 1 atom stereocenters. The summed E-state index contributed by atoms with van der Waals surface area (Å²) in [6.45, 7) is 0.383. The molecular formula is C27H25N3O. The van der Waals surface area contributed by atoms with Crippen LogP contribution in [0.25, 0.3) is 12.2 Å². The first-order valence-corrected chi connectivity index (χ1v) is 10.3. The lowest BCUT2D eigenvalue weighted by atomic mass is 9.86. The second-order valence-corrected chi connectivity index (χ2v) is 7.34. The number of aromatic nitrogens is 2. The third kappa shape index (κ3) is 5.65. The Balaban J connectivity index is 1.47. The molecule has 4 nitrogen and oxygen atoms in total. The van der Waals surface area contributed by atoms with Gasteiger partial charge in [0.1, 0.15) is 12.4 Å². The number of hydrogen-bond donors (Lipinski definition) is 1. The van der Waals surface area contributed by atoms with Crippen LogP contribution in [-0.2, 0) is 0 Å². The van der Waals surface area contributed by atoms with Crippen molar-refractivity contribution in [3.05, 3.63) is 126 Å². The first-order valence-electron chi connectivity index (χ1n) is 10.3. The number of ether oxygens (including phenoxy) is 1. The Hall–Kier alpha value is -3.76. The molecule has 0 amide bonds. The minimum Gasteiger partial charge on any atom is -0.490 e. The van der Waals surface area contributed by atoms with E-state index in [2.05, 4.69) is 34.2 Å². The summed E-state index contributed by atoms with van der Waals surface area (Å²) >= 11 is 0. The van der Waals surface area contributed by atoms with Crippen molar-refractivity contribution in [2.75, 3.05) is 6.61 Å². The summed E-state index contributed by atoms with van der Waals surface area (Å²) in [5.41, 5.74) is 11.0. The first-order chi connectivity index (χ1) is 15.3. The maximum Gasteiger partial charge on any atom is 0.138 e. The van der Waals surface area contributed by atoms with E-state index in [1.54, 1.807) is 24.8 Å². The van der Waals surface area contributed by atoms with Gasteiger partial charge in [0.15, 0.2) is 0 Å². The van der Waals surface area contributed by atoms with Crippen LogP contribution in [0.4, 0.5) is 0 Å². The van der Waals surface area contributed by atoms with Crippen molar-refractivity contribution in [3.63, 3.8) is 0 Å². The summed E-state index contributed by atoms with van der Waals surface area (Å²) in [6, 6.07) is 26.3. The zero-order chi connectivity index (χ0) is 21.3. The highest BCUT2D eigenvalue weighted by molar-refractivity contribution is 5.69. The van der Waals surface area contributed by atoms with Crippen LogP contribution < -0.4 is 10.5 Å². The molecule has 2 aromatic heterocycles. The highest BCUT2D eigenvalue weighted by atomic mass is 16.5. The molecule has 2 heterocycles. The summed E-state index contributed by atoms with van der Waals surface area (Å²) in [6.07, 6.45) is 11.1. The molecule has 0 spiro atoms. The normalized spacial score (nSPS) is 12.2. The number of rotatable bonds is 8. The van der Waals surface area contributed by atoms with Gasteiger partial charge in [-0.2, -0.15) is 0 Å². The molecule has 0 saturated carbocycles. The highest BCUT2D eigenvalue weighted by Crippen LogP contribution is 2.27. The van der Waals surface area contributed by atoms with Gasteiger partial charge in [-0.1, -0.05) is 72.8 Å². The zero-order valence-electron chi connectivity index (χ0n) is 17.2. The maximum absolute atomic E-state index is 6.64. The van der Waals surface area contributed by atoms with Crippen molar-refractivity contribution in [2.24, 2.45) is 5.73 Å². The second kappa shape index (κ2) is 10.3. The Morgan fingerprint density at radius 3 is 2.00 bits per heavy atom. The lowest BCUT2D eigenvalue weighted by Crippen LogP contribution is -2.35. The van der Waals surface area contributed by atoms with Gasteiger partial charge in [0.2, 0.25) is 0 Å². The number of pyridine rings is 2. The van der Waals surface area contributed by atoms with Gasteiger partial charge in [-0.3, -0.25) is 9.97 Å². The SMILES string of the molecule is N[C@H](COc1cncc(/C=C/c2ccncc2)c1)C(c1ccccc1)c1ccccc1. The Kier molecular flexibility index (Phi) is 6.83. The van der Waals surface area contributed by atoms with E-state index in [1.807, 2.05) is 66.7 Å². The minimum absolute atomic E-state index is 0.0464. The zero-order valence-corrected chi connectivity index (χ0v) is 17.2. The van der Waals surface area contributed by atoms with E-state index >= 15 is 0 Å². The van der Waals surface area contributed by atoms with Crippen molar-refractivity contribution >= 4 is 12.2 Å².